The highest BCUT2D eigenvalue weighted by atomic mass is 16.1. The minimum Gasteiger partial charge on any atom is -0.368 e. The summed E-state index contributed by atoms with van der Waals surface area (Å²) >= 11 is 0. The molecule has 86 valence electrons. The Hall–Kier alpha value is -1.84. The Morgan fingerprint density at radius 3 is 2.56 bits per heavy atom. The van der Waals surface area contributed by atoms with Crippen molar-refractivity contribution in [2.45, 2.75) is 19.9 Å². The molecule has 0 aliphatic carbocycles. The average molecular weight is 220 g/mol. The number of amides is 1. The zero-order chi connectivity index (χ0) is 12.1. The highest BCUT2D eigenvalue weighted by Crippen LogP contribution is 2.20. The third kappa shape index (κ3) is 2.82. The van der Waals surface area contributed by atoms with Crippen LogP contribution in [0.5, 0.6) is 0 Å². The number of aldehydes is 1. The minimum absolute atomic E-state index is 0.105. The van der Waals surface area contributed by atoms with Gasteiger partial charge in [0, 0.05) is 17.3 Å². The summed E-state index contributed by atoms with van der Waals surface area (Å²) in [7, 11) is 0. The summed E-state index contributed by atoms with van der Waals surface area (Å²) in [5, 5.41) is 0. The third-order valence-corrected chi connectivity index (χ3v) is 2.32. The van der Waals surface area contributed by atoms with Gasteiger partial charge in [-0.2, -0.15) is 0 Å². The summed E-state index contributed by atoms with van der Waals surface area (Å²) in [6.07, 6.45) is 0.783. The van der Waals surface area contributed by atoms with Crippen molar-refractivity contribution in [1.29, 1.82) is 0 Å². The van der Waals surface area contributed by atoms with Gasteiger partial charge >= 0.3 is 0 Å². The first-order valence-electron chi connectivity index (χ1n) is 5.15. The van der Waals surface area contributed by atoms with E-state index in [0.29, 0.717) is 5.56 Å². The number of carbonyl (C=O) groups excluding carboxylic acids is 2. The summed E-state index contributed by atoms with van der Waals surface area (Å²) in [5.74, 6) is -0.408. The number of anilines is 1. The number of primary amides is 1. The van der Waals surface area contributed by atoms with Crippen LogP contribution in [0.3, 0.4) is 0 Å². The average Bonchev–Trinajstić information content (AvgIpc) is 2.25. The molecule has 0 bridgehead atoms. The van der Waals surface area contributed by atoms with Crippen LogP contribution in [0, 0.1) is 0 Å². The van der Waals surface area contributed by atoms with E-state index in [1.54, 1.807) is 12.1 Å². The molecular weight excluding hydrogens is 204 g/mol. The van der Waals surface area contributed by atoms with Crippen LogP contribution in [0.4, 0.5) is 5.69 Å². The first kappa shape index (κ1) is 12.2. The Labute approximate surface area is 95.0 Å². The van der Waals surface area contributed by atoms with Gasteiger partial charge in [0.05, 0.1) is 6.54 Å². The van der Waals surface area contributed by atoms with E-state index < -0.39 is 5.91 Å². The van der Waals surface area contributed by atoms with Crippen LogP contribution in [0.1, 0.15) is 24.2 Å². The monoisotopic (exact) mass is 220 g/mol. The molecule has 0 saturated heterocycles. The number of nitrogens with two attached hydrogens (primary N) is 1. The molecule has 0 aliphatic heterocycles. The lowest BCUT2D eigenvalue weighted by molar-refractivity contribution is -0.116. The van der Waals surface area contributed by atoms with Crippen LogP contribution in [-0.4, -0.2) is 24.8 Å². The first-order chi connectivity index (χ1) is 7.56. The van der Waals surface area contributed by atoms with Crippen molar-refractivity contribution in [3.63, 3.8) is 0 Å². The summed E-state index contributed by atoms with van der Waals surface area (Å²) in [6.45, 7) is 4.01. The molecule has 4 nitrogen and oxygen atoms in total. The second-order valence-corrected chi connectivity index (χ2v) is 3.86. The van der Waals surface area contributed by atoms with Crippen LogP contribution in [0.25, 0.3) is 0 Å². The quantitative estimate of drug-likeness (QED) is 0.758. The maximum absolute atomic E-state index is 11.0. The van der Waals surface area contributed by atoms with Crippen molar-refractivity contribution in [2.75, 3.05) is 11.4 Å². The molecule has 0 radical (unpaired) electrons. The number of hydrogen-bond donors (Lipinski definition) is 1. The highest BCUT2D eigenvalue weighted by Gasteiger charge is 2.15. The van der Waals surface area contributed by atoms with Crippen molar-refractivity contribution < 1.29 is 9.59 Å². The van der Waals surface area contributed by atoms with Crippen LogP contribution in [-0.2, 0) is 4.79 Å². The Kier molecular flexibility index (Phi) is 4.05. The fourth-order valence-electron chi connectivity index (χ4n) is 1.56. The van der Waals surface area contributed by atoms with E-state index in [4.69, 9.17) is 5.73 Å². The number of benzene rings is 1. The maximum Gasteiger partial charge on any atom is 0.236 e. The molecule has 1 aromatic carbocycles. The van der Waals surface area contributed by atoms with E-state index in [9.17, 15) is 9.59 Å². The van der Waals surface area contributed by atoms with Crippen LogP contribution in [0.15, 0.2) is 24.3 Å². The predicted molar refractivity (Wildman–Crippen MR) is 63.5 cm³/mol. The van der Waals surface area contributed by atoms with Gasteiger partial charge in [-0.25, -0.2) is 0 Å². The lowest BCUT2D eigenvalue weighted by atomic mass is 10.1. The van der Waals surface area contributed by atoms with E-state index in [2.05, 4.69) is 0 Å². The molecule has 0 atom stereocenters. The van der Waals surface area contributed by atoms with Crippen molar-refractivity contribution in [2.24, 2.45) is 5.73 Å². The Morgan fingerprint density at radius 2 is 2.06 bits per heavy atom. The van der Waals surface area contributed by atoms with E-state index >= 15 is 0 Å². The number of para-hydroxylation sites is 1. The van der Waals surface area contributed by atoms with Crippen molar-refractivity contribution >= 4 is 17.9 Å². The van der Waals surface area contributed by atoms with Gasteiger partial charge in [-0.1, -0.05) is 12.1 Å². The summed E-state index contributed by atoms with van der Waals surface area (Å²) < 4.78 is 0. The molecule has 0 spiro atoms. The second kappa shape index (κ2) is 5.30. The zero-order valence-corrected chi connectivity index (χ0v) is 9.51. The van der Waals surface area contributed by atoms with Gasteiger partial charge in [-0.05, 0) is 26.0 Å². The van der Waals surface area contributed by atoms with Gasteiger partial charge in [0.15, 0.2) is 6.29 Å². The number of rotatable bonds is 5. The van der Waals surface area contributed by atoms with Gasteiger partial charge in [0.1, 0.15) is 0 Å². The van der Waals surface area contributed by atoms with E-state index in [-0.39, 0.29) is 12.6 Å². The molecule has 1 aromatic rings. The van der Waals surface area contributed by atoms with E-state index in [1.165, 1.54) is 0 Å². The predicted octanol–water partition coefficient (Wildman–Crippen LogP) is 1.20. The molecule has 0 aromatic heterocycles. The van der Waals surface area contributed by atoms with Gasteiger partial charge < -0.3 is 10.6 Å². The number of hydrogen-bond acceptors (Lipinski definition) is 3. The smallest absolute Gasteiger partial charge is 0.236 e. The topological polar surface area (TPSA) is 63.4 Å². The maximum atomic E-state index is 11.0. The molecule has 0 unspecified atom stereocenters. The van der Waals surface area contributed by atoms with Gasteiger partial charge in [-0.3, -0.25) is 9.59 Å². The SMILES string of the molecule is CC(C)N(CC(N)=O)c1ccccc1C=O. The summed E-state index contributed by atoms with van der Waals surface area (Å²) in [5.41, 5.74) is 6.50. The van der Waals surface area contributed by atoms with Gasteiger partial charge in [0.25, 0.3) is 0 Å². The third-order valence-electron chi connectivity index (χ3n) is 2.32. The van der Waals surface area contributed by atoms with E-state index in [1.807, 2.05) is 30.9 Å². The lowest BCUT2D eigenvalue weighted by Crippen LogP contribution is -2.39. The van der Waals surface area contributed by atoms with Crippen molar-refractivity contribution in [3.8, 4) is 0 Å². The lowest BCUT2D eigenvalue weighted by Gasteiger charge is -2.28. The molecule has 0 fully saturated rings. The molecule has 4 heteroatoms. The van der Waals surface area contributed by atoms with Crippen molar-refractivity contribution in [1.82, 2.24) is 0 Å². The molecule has 0 aliphatic rings. The second-order valence-electron chi connectivity index (χ2n) is 3.86. The van der Waals surface area contributed by atoms with Crippen molar-refractivity contribution in [3.05, 3.63) is 29.8 Å². The Balaban J connectivity index is 3.09. The highest BCUT2D eigenvalue weighted by molar-refractivity contribution is 5.87. The normalized spacial score (nSPS) is 10.2. The molecular formula is C12H16N2O2. The summed E-state index contributed by atoms with van der Waals surface area (Å²) in [6, 6.07) is 7.26. The molecule has 2 N–H and O–H groups in total. The van der Waals surface area contributed by atoms with Crippen LogP contribution < -0.4 is 10.6 Å². The molecule has 0 saturated carbocycles. The molecule has 1 rings (SSSR count). The molecule has 1 amide bonds. The molecule has 0 heterocycles. The number of carbonyl (C=O) groups is 2. The number of nitrogens with zero attached hydrogens (tertiary/aromatic N) is 1. The standard InChI is InChI=1S/C12H16N2O2/c1-9(2)14(7-12(13)16)11-6-4-3-5-10(11)8-15/h3-6,8-9H,7H2,1-2H3,(H2,13,16). The Morgan fingerprint density at radius 1 is 1.44 bits per heavy atom. The summed E-state index contributed by atoms with van der Waals surface area (Å²) in [4.78, 5) is 23.7. The van der Waals surface area contributed by atoms with E-state index in [0.717, 1.165) is 12.0 Å². The fourth-order valence-corrected chi connectivity index (χ4v) is 1.56. The van der Waals surface area contributed by atoms with Crippen LogP contribution in [0.2, 0.25) is 0 Å². The van der Waals surface area contributed by atoms with Gasteiger partial charge in [0.2, 0.25) is 5.91 Å². The zero-order valence-electron chi connectivity index (χ0n) is 9.51. The largest absolute Gasteiger partial charge is 0.368 e. The van der Waals surface area contributed by atoms with Gasteiger partial charge in [-0.15, -0.1) is 0 Å². The minimum atomic E-state index is -0.408. The van der Waals surface area contributed by atoms with Crippen LogP contribution >= 0.6 is 0 Å². The molecule has 16 heavy (non-hydrogen) atoms. The fraction of sp³-hybridized carbons (Fsp3) is 0.333. The first-order valence-corrected chi connectivity index (χ1v) is 5.15. The Bertz CT molecular complexity index is 388.